The number of aryl methyl sites for hydroxylation is 1. The molecule has 3 heterocycles. The molecule has 0 saturated carbocycles. The van der Waals surface area contributed by atoms with Crippen molar-refractivity contribution in [3.63, 3.8) is 0 Å². The molecule has 0 unspecified atom stereocenters. The van der Waals surface area contributed by atoms with Crippen molar-refractivity contribution < 1.29 is 4.79 Å². The van der Waals surface area contributed by atoms with E-state index in [1.165, 1.54) is 10.3 Å². The van der Waals surface area contributed by atoms with E-state index in [0.717, 1.165) is 84.7 Å². The summed E-state index contributed by atoms with van der Waals surface area (Å²) in [6, 6.07) is 16.4. The van der Waals surface area contributed by atoms with Gasteiger partial charge in [0, 0.05) is 37.3 Å². The Balaban J connectivity index is 1.20. The highest BCUT2D eigenvalue weighted by Crippen LogP contribution is 2.31. The first kappa shape index (κ1) is 18.9. The molecule has 31 heavy (non-hydrogen) atoms. The Hall–Kier alpha value is -2.83. The highest BCUT2D eigenvalue weighted by molar-refractivity contribution is 7.18. The van der Waals surface area contributed by atoms with E-state index in [-0.39, 0.29) is 5.91 Å². The maximum atomic E-state index is 13.6. The van der Waals surface area contributed by atoms with Crippen molar-refractivity contribution in [2.24, 2.45) is 0 Å². The summed E-state index contributed by atoms with van der Waals surface area (Å²) >= 11 is 1.77. The van der Waals surface area contributed by atoms with Crippen LogP contribution in [0.15, 0.2) is 48.5 Å². The SMILES string of the molecule is O=C(c1c2c(nc3ccccc13)CCC2)N1CCN(Cc2nc3ccccc3s2)CC1. The number of carbonyl (C=O) groups is 1. The maximum Gasteiger partial charge on any atom is 0.254 e. The number of benzene rings is 2. The minimum Gasteiger partial charge on any atom is -0.336 e. The average Bonchev–Trinajstić information content (AvgIpc) is 3.43. The van der Waals surface area contributed by atoms with Gasteiger partial charge < -0.3 is 4.90 Å². The van der Waals surface area contributed by atoms with E-state index >= 15 is 0 Å². The van der Waals surface area contributed by atoms with Crippen LogP contribution >= 0.6 is 11.3 Å². The number of para-hydroxylation sites is 2. The smallest absolute Gasteiger partial charge is 0.254 e. The number of nitrogens with zero attached hydrogens (tertiary/aromatic N) is 4. The van der Waals surface area contributed by atoms with Gasteiger partial charge in [0.25, 0.3) is 5.91 Å². The molecule has 5 nitrogen and oxygen atoms in total. The van der Waals surface area contributed by atoms with E-state index in [2.05, 4.69) is 29.2 Å². The van der Waals surface area contributed by atoms with Gasteiger partial charge in [-0.05, 0) is 43.0 Å². The van der Waals surface area contributed by atoms with Gasteiger partial charge in [0.1, 0.15) is 5.01 Å². The highest BCUT2D eigenvalue weighted by Gasteiger charge is 2.29. The normalized spacial score (nSPS) is 16.8. The number of hydrogen-bond acceptors (Lipinski definition) is 5. The first-order valence-electron chi connectivity index (χ1n) is 11.0. The number of piperazine rings is 1. The summed E-state index contributed by atoms with van der Waals surface area (Å²) < 4.78 is 1.24. The van der Waals surface area contributed by atoms with E-state index in [0.29, 0.717) is 0 Å². The summed E-state index contributed by atoms with van der Waals surface area (Å²) in [4.78, 5) is 27.7. The van der Waals surface area contributed by atoms with Crippen LogP contribution in [0.3, 0.4) is 0 Å². The molecule has 1 amide bonds. The number of carbonyl (C=O) groups excluding carboxylic acids is 1. The van der Waals surface area contributed by atoms with E-state index < -0.39 is 0 Å². The van der Waals surface area contributed by atoms with Gasteiger partial charge in [-0.15, -0.1) is 11.3 Å². The molecule has 1 fully saturated rings. The van der Waals surface area contributed by atoms with Crippen LogP contribution in [0.4, 0.5) is 0 Å². The summed E-state index contributed by atoms with van der Waals surface area (Å²) in [5.74, 6) is 0.177. The Morgan fingerprint density at radius 3 is 2.52 bits per heavy atom. The number of amides is 1. The lowest BCUT2D eigenvalue weighted by Gasteiger charge is -2.34. The zero-order chi connectivity index (χ0) is 20.8. The Labute approximate surface area is 185 Å². The highest BCUT2D eigenvalue weighted by atomic mass is 32.1. The quantitative estimate of drug-likeness (QED) is 0.488. The topological polar surface area (TPSA) is 49.3 Å². The number of thiazole rings is 1. The van der Waals surface area contributed by atoms with Gasteiger partial charge in [-0.2, -0.15) is 0 Å². The third kappa shape index (κ3) is 3.40. The fourth-order valence-corrected chi connectivity index (χ4v) is 5.91. The van der Waals surface area contributed by atoms with Crippen molar-refractivity contribution in [1.82, 2.24) is 19.8 Å². The van der Waals surface area contributed by atoms with Crippen LogP contribution in [0, 0.1) is 0 Å². The summed E-state index contributed by atoms with van der Waals surface area (Å²) in [5, 5.41) is 2.16. The molecule has 6 rings (SSSR count). The second kappa shape index (κ2) is 7.70. The van der Waals surface area contributed by atoms with Crippen molar-refractivity contribution in [3.05, 3.63) is 70.4 Å². The van der Waals surface area contributed by atoms with Crippen molar-refractivity contribution in [2.75, 3.05) is 26.2 Å². The predicted molar refractivity (Wildman–Crippen MR) is 125 cm³/mol. The molecule has 1 saturated heterocycles. The van der Waals surface area contributed by atoms with Gasteiger partial charge in [-0.25, -0.2) is 4.98 Å². The van der Waals surface area contributed by atoms with Gasteiger partial charge in [0.15, 0.2) is 0 Å². The lowest BCUT2D eigenvalue weighted by molar-refractivity contribution is 0.0629. The van der Waals surface area contributed by atoms with E-state index in [9.17, 15) is 4.79 Å². The molecule has 0 spiro atoms. The van der Waals surface area contributed by atoms with Crippen molar-refractivity contribution in [3.8, 4) is 0 Å². The predicted octanol–water partition coefficient (Wildman–Crippen LogP) is 4.29. The molecule has 0 radical (unpaired) electrons. The zero-order valence-electron chi connectivity index (χ0n) is 17.4. The number of rotatable bonds is 3. The maximum absolute atomic E-state index is 13.6. The van der Waals surface area contributed by atoms with E-state index in [1.54, 1.807) is 11.3 Å². The molecule has 0 N–H and O–H groups in total. The first-order valence-corrected chi connectivity index (χ1v) is 11.8. The molecule has 2 aromatic heterocycles. The van der Waals surface area contributed by atoms with Gasteiger partial charge >= 0.3 is 0 Å². The molecule has 0 atom stereocenters. The second-order valence-electron chi connectivity index (χ2n) is 8.43. The lowest BCUT2D eigenvalue weighted by atomic mass is 9.99. The summed E-state index contributed by atoms with van der Waals surface area (Å²) in [6.45, 7) is 4.14. The van der Waals surface area contributed by atoms with Gasteiger partial charge in [0.2, 0.25) is 0 Å². The Kier molecular flexibility index (Phi) is 4.69. The van der Waals surface area contributed by atoms with Crippen LogP contribution in [0.2, 0.25) is 0 Å². The van der Waals surface area contributed by atoms with Crippen molar-refractivity contribution in [1.29, 1.82) is 0 Å². The fourth-order valence-electron chi connectivity index (χ4n) is 4.90. The Morgan fingerprint density at radius 1 is 0.903 bits per heavy atom. The molecule has 1 aliphatic heterocycles. The molecule has 1 aliphatic carbocycles. The standard InChI is InChI=1S/C25H24N4OS/c30-25(24-17-6-1-2-8-19(17)26-20-10-5-7-18(20)24)29-14-12-28(13-15-29)16-23-27-21-9-3-4-11-22(21)31-23/h1-4,6,8-9,11H,5,7,10,12-16H2. The number of hydrogen-bond donors (Lipinski definition) is 0. The van der Waals surface area contributed by atoms with Crippen LogP contribution in [0.1, 0.15) is 33.0 Å². The Bertz CT molecular complexity index is 1260. The van der Waals surface area contributed by atoms with E-state index in [4.69, 9.17) is 9.97 Å². The molecular formula is C25H24N4OS. The fraction of sp³-hybridized carbons (Fsp3) is 0.320. The number of fused-ring (bicyclic) bond motifs is 3. The van der Waals surface area contributed by atoms with Crippen molar-refractivity contribution >= 4 is 38.4 Å². The molecular weight excluding hydrogens is 404 g/mol. The number of pyridine rings is 1. The first-order chi connectivity index (χ1) is 15.3. The summed E-state index contributed by atoms with van der Waals surface area (Å²) in [5.41, 5.74) is 5.23. The van der Waals surface area contributed by atoms with Crippen LogP contribution in [-0.2, 0) is 19.4 Å². The number of aromatic nitrogens is 2. The lowest BCUT2D eigenvalue weighted by Crippen LogP contribution is -2.48. The molecule has 0 bridgehead atoms. The molecule has 2 aromatic carbocycles. The summed E-state index contributed by atoms with van der Waals surface area (Å²) in [7, 11) is 0. The Morgan fingerprint density at radius 2 is 1.68 bits per heavy atom. The largest absolute Gasteiger partial charge is 0.336 e. The van der Waals surface area contributed by atoms with E-state index in [1.807, 2.05) is 29.2 Å². The molecule has 4 aromatic rings. The van der Waals surface area contributed by atoms with Crippen LogP contribution < -0.4 is 0 Å². The van der Waals surface area contributed by atoms with Gasteiger partial charge in [-0.1, -0.05) is 30.3 Å². The zero-order valence-corrected chi connectivity index (χ0v) is 18.2. The van der Waals surface area contributed by atoms with Crippen LogP contribution in [-0.4, -0.2) is 51.9 Å². The second-order valence-corrected chi connectivity index (χ2v) is 9.54. The molecule has 156 valence electrons. The summed E-state index contributed by atoms with van der Waals surface area (Å²) in [6.07, 6.45) is 3.04. The molecule has 6 heteroatoms. The van der Waals surface area contributed by atoms with Crippen molar-refractivity contribution in [2.45, 2.75) is 25.8 Å². The monoisotopic (exact) mass is 428 g/mol. The van der Waals surface area contributed by atoms with Gasteiger partial charge in [-0.3, -0.25) is 14.7 Å². The van der Waals surface area contributed by atoms with Crippen LogP contribution in [0.25, 0.3) is 21.1 Å². The third-order valence-corrected chi connectivity index (χ3v) is 7.51. The average molecular weight is 429 g/mol. The van der Waals surface area contributed by atoms with Crippen LogP contribution in [0.5, 0.6) is 0 Å². The minimum atomic E-state index is 0.177. The van der Waals surface area contributed by atoms with Gasteiger partial charge in [0.05, 0.1) is 27.8 Å². The third-order valence-electron chi connectivity index (χ3n) is 6.49. The minimum absolute atomic E-state index is 0.177. The molecule has 2 aliphatic rings.